The van der Waals surface area contributed by atoms with Crippen molar-refractivity contribution >= 4 is 5.91 Å². The zero-order valence-corrected chi connectivity index (χ0v) is 12.3. The normalized spacial score (nSPS) is 25.4. The van der Waals surface area contributed by atoms with Crippen LogP contribution in [0.3, 0.4) is 0 Å². The molecule has 5 heteroatoms. The maximum Gasteiger partial charge on any atom is 0.255 e. The van der Waals surface area contributed by atoms with E-state index in [0.717, 1.165) is 19.4 Å². The first-order chi connectivity index (χ1) is 10.2. The number of carbonyl (C=O) groups excluding carboxylic acids is 1. The van der Waals surface area contributed by atoms with Crippen molar-refractivity contribution in [3.8, 4) is 11.5 Å². The number of rotatable bonds is 3. The van der Waals surface area contributed by atoms with Gasteiger partial charge in [-0.15, -0.1) is 0 Å². The summed E-state index contributed by atoms with van der Waals surface area (Å²) in [4.78, 5) is 14.9. The van der Waals surface area contributed by atoms with Crippen LogP contribution in [0.5, 0.6) is 11.5 Å². The molecule has 5 nitrogen and oxygen atoms in total. The van der Waals surface area contributed by atoms with Crippen molar-refractivity contribution in [2.24, 2.45) is 0 Å². The molecule has 0 spiro atoms. The number of hydrogen-bond donors (Lipinski definition) is 2. The Kier molecular flexibility index (Phi) is 4.01. The molecule has 2 aliphatic heterocycles. The first-order valence-corrected chi connectivity index (χ1v) is 7.59. The number of fused-ring (bicyclic) bond motifs is 1. The fourth-order valence-electron chi connectivity index (χ4n) is 3.44. The Morgan fingerprint density at radius 2 is 2.24 bits per heavy atom. The highest BCUT2D eigenvalue weighted by Gasteiger charge is 2.32. The molecule has 2 N–H and O–H groups in total. The molecule has 1 amide bonds. The van der Waals surface area contributed by atoms with Gasteiger partial charge in [-0.2, -0.15) is 0 Å². The van der Waals surface area contributed by atoms with Crippen LogP contribution in [-0.4, -0.2) is 48.2 Å². The van der Waals surface area contributed by atoms with Crippen LogP contribution in [0.2, 0.25) is 0 Å². The molecule has 1 aromatic rings. The van der Waals surface area contributed by atoms with Gasteiger partial charge in [-0.3, -0.25) is 4.79 Å². The van der Waals surface area contributed by atoms with E-state index in [1.807, 2.05) is 0 Å². The molecular weight excluding hydrogens is 268 g/mol. The summed E-state index contributed by atoms with van der Waals surface area (Å²) in [5.41, 5.74) is 0.281. The van der Waals surface area contributed by atoms with Crippen molar-refractivity contribution in [2.75, 3.05) is 20.2 Å². The summed E-state index contributed by atoms with van der Waals surface area (Å²) >= 11 is 0. The van der Waals surface area contributed by atoms with Gasteiger partial charge in [-0.25, -0.2) is 0 Å². The topological polar surface area (TPSA) is 61.8 Å². The van der Waals surface area contributed by atoms with Gasteiger partial charge < -0.3 is 20.1 Å². The first-order valence-electron chi connectivity index (χ1n) is 7.59. The molecule has 2 atom stereocenters. The van der Waals surface area contributed by atoms with Gasteiger partial charge in [-0.05, 0) is 50.4 Å². The number of amides is 1. The minimum Gasteiger partial charge on any atom is -0.507 e. The third-order valence-corrected chi connectivity index (χ3v) is 4.60. The van der Waals surface area contributed by atoms with Crippen LogP contribution >= 0.6 is 0 Å². The predicted molar refractivity (Wildman–Crippen MR) is 79.7 cm³/mol. The number of benzene rings is 1. The highest BCUT2D eigenvalue weighted by atomic mass is 16.5. The molecule has 2 aliphatic rings. The molecule has 0 aromatic heterocycles. The van der Waals surface area contributed by atoms with Crippen LogP contribution in [0.15, 0.2) is 18.2 Å². The smallest absolute Gasteiger partial charge is 0.255 e. The van der Waals surface area contributed by atoms with E-state index in [4.69, 9.17) is 4.74 Å². The minimum atomic E-state index is -0.220. The van der Waals surface area contributed by atoms with E-state index in [-0.39, 0.29) is 23.3 Å². The second-order valence-corrected chi connectivity index (χ2v) is 5.91. The first kappa shape index (κ1) is 14.2. The number of piperidine rings is 1. The van der Waals surface area contributed by atoms with E-state index in [1.54, 1.807) is 19.2 Å². The van der Waals surface area contributed by atoms with Gasteiger partial charge in [-0.1, -0.05) is 0 Å². The van der Waals surface area contributed by atoms with Crippen LogP contribution in [0, 0.1) is 0 Å². The molecule has 3 rings (SSSR count). The van der Waals surface area contributed by atoms with E-state index in [0.29, 0.717) is 11.8 Å². The van der Waals surface area contributed by atoms with Crippen LogP contribution in [-0.2, 0) is 0 Å². The highest BCUT2D eigenvalue weighted by Crippen LogP contribution is 2.28. The summed E-state index contributed by atoms with van der Waals surface area (Å²) in [6.45, 7) is 2.25. The molecule has 0 bridgehead atoms. The summed E-state index contributed by atoms with van der Waals surface area (Å²) < 4.78 is 5.11. The average Bonchev–Trinajstić information content (AvgIpc) is 2.95. The largest absolute Gasteiger partial charge is 0.507 e. The molecular formula is C16H22N2O3. The van der Waals surface area contributed by atoms with Crippen molar-refractivity contribution < 1.29 is 14.6 Å². The Morgan fingerprint density at radius 1 is 1.38 bits per heavy atom. The summed E-state index contributed by atoms with van der Waals surface area (Å²) in [7, 11) is 1.55. The lowest BCUT2D eigenvalue weighted by molar-refractivity contribution is 0.0893. The van der Waals surface area contributed by atoms with Crippen molar-refractivity contribution in [3.63, 3.8) is 0 Å². The molecule has 2 fully saturated rings. The number of carbonyl (C=O) groups is 1. The number of phenolic OH excluding ortho intramolecular Hbond substituents is 1. The van der Waals surface area contributed by atoms with Gasteiger partial charge in [0.1, 0.15) is 11.5 Å². The molecule has 114 valence electrons. The summed E-state index contributed by atoms with van der Waals surface area (Å²) in [6, 6.07) is 5.52. The van der Waals surface area contributed by atoms with E-state index in [1.165, 1.54) is 25.5 Å². The third kappa shape index (κ3) is 2.97. The Hall–Kier alpha value is -1.75. The number of aromatic hydroxyl groups is 1. The standard InChI is InChI=1S/C16H22N2O3/c1-21-13-4-5-15(19)14(10-13)16(20)17-11-6-8-18-7-2-3-12(18)9-11/h4-5,10-12,19H,2-3,6-9H2,1H3,(H,17,20). The number of hydrogen-bond acceptors (Lipinski definition) is 4. The second kappa shape index (κ2) is 5.93. The number of nitrogens with zero attached hydrogens (tertiary/aromatic N) is 1. The van der Waals surface area contributed by atoms with E-state index in [9.17, 15) is 9.90 Å². The monoisotopic (exact) mass is 290 g/mol. The predicted octanol–water partition coefficient (Wildman–Crippen LogP) is 1.76. The van der Waals surface area contributed by atoms with Crippen molar-refractivity contribution in [1.29, 1.82) is 0 Å². The van der Waals surface area contributed by atoms with E-state index in [2.05, 4.69) is 10.2 Å². The number of methoxy groups -OCH3 is 1. The Morgan fingerprint density at radius 3 is 3.05 bits per heavy atom. The van der Waals surface area contributed by atoms with Crippen LogP contribution < -0.4 is 10.1 Å². The van der Waals surface area contributed by atoms with Crippen LogP contribution in [0.1, 0.15) is 36.0 Å². The zero-order chi connectivity index (χ0) is 14.8. The molecule has 0 radical (unpaired) electrons. The quantitative estimate of drug-likeness (QED) is 0.890. The third-order valence-electron chi connectivity index (χ3n) is 4.60. The lowest BCUT2D eigenvalue weighted by atomic mass is 9.97. The van der Waals surface area contributed by atoms with E-state index < -0.39 is 0 Å². The number of nitrogens with one attached hydrogen (secondary N) is 1. The van der Waals surface area contributed by atoms with Gasteiger partial charge in [0.15, 0.2) is 0 Å². The van der Waals surface area contributed by atoms with Gasteiger partial charge in [0.25, 0.3) is 5.91 Å². The second-order valence-electron chi connectivity index (χ2n) is 5.91. The van der Waals surface area contributed by atoms with Crippen molar-refractivity contribution in [3.05, 3.63) is 23.8 Å². The summed E-state index contributed by atoms with van der Waals surface area (Å²) in [5, 5.41) is 12.9. The molecule has 0 aliphatic carbocycles. The van der Waals surface area contributed by atoms with Crippen molar-refractivity contribution in [2.45, 2.75) is 37.8 Å². The molecule has 1 aromatic carbocycles. The Labute approximate surface area is 124 Å². The highest BCUT2D eigenvalue weighted by molar-refractivity contribution is 5.97. The fourth-order valence-corrected chi connectivity index (χ4v) is 3.44. The summed E-state index contributed by atoms with van der Waals surface area (Å²) in [5.74, 6) is 0.345. The molecule has 2 unspecified atom stereocenters. The van der Waals surface area contributed by atoms with Gasteiger partial charge in [0, 0.05) is 18.6 Å². The maximum absolute atomic E-state index is 12.4. The van der Waals surface area contributed by atoms with Gasteiger partial charge in [0.05, 0.1) is 12.7 Å². The van der Waals surface area contributed by atoms with Crippen LogP contribution in [0.25, 0.3) is 0 Å². The Balaban J connectivity index is 1.66. The molecule has 21 heavy (non-hydrogen) atoms. The molecule has 0 saturated carbocycles. The van der Waals surface area contributed by atoms with Crippen molar-refractivity contribution in [1.82, 2.24) is 10.2 Å². The van der Waals surface area contributed by atoms with Gasteiger partial charge in [0.2, 0.25) is 0 Å². The minimum absolute atomic E-state index is 0.00778. The van der Waals surface area contributed by atoms with Crippen LogP contribution in [0.4, 0.5) is 0 Å². The van der Waals surface area contributed by atoms with Gasteiger partial charge >= 0.3 is 0 Å². The SMILES string of the molecule is COc1ccc(O)c(C(=O)NC2CCN3CCCC3C2)c1. The lowest BCUT2D eigenvalue weighted by Crippen LogP contribution is -2.47. The zero-order valence-electron chi connectivity index (χ0n) is 12.3. The average molecular weight is 290 g/mol. The fraction of sp³-hybridized carbons (Fsp3) is 0.562. The number of phenols is 1. The maximum atomic E-state index is 12.4. The molecule has 2 saturated heterocycles. The lowest BCUT2D eigenvalue weighted by Gasteiger charge is -2.35. The summed E-state index contributed by atoms with van der Waals surface area (Å²) in [6.07, 6.45) is 4.49. The van der Waals surface area contributed by atoms with E-state index >= 15 is 0 Å². The number of ether oxygens (including phenoxy) is 1. The molecule has 2 heterocycles. The Bertz CT molecular complexity index is 532.